The van der Waals surface area contributed by atoms with Crippen LogP contribution in [0.25, 0.3) is 0 Å². The predicted octanol–water partition coefficient (Wildman–Crippen LogP) is 4.03. The van der Waals surface area contributed by atoms with Gasteiger partial charge in [-0.15, -0.1) is 11.3 Å². The van der Waals surface area contributed by atoms with Gasteiger partial charge in [-0.25, -0.2) is 0 Å². The number of nitrogens with one attached hydrogen (secondary N) is 1. The van der Waals surface area contributed by atoms with E-state index < -0.39 is 0 Å². The third-order valence-electron chi connectivity index (χ3n) is 4.90. The molecule has 1 amide bonds. The van der Waals surface area contributed by atoms with Gasteiger partial charge in [0.05, 0.1) is 6.04 Å². The second-order valence-electron chi connectivity index (χ2n) is 6.72. The highest BCUT2D eigenvalue weighted by Crippen LogP contribution is 2.27. The second-order valence-corrected chi connectivity index (χ2v) is 7.70. The molecule has 1 N–H and O–H groups in total. The summed E-state index contributed by atoms with van der Waals surface area (Å²) >= 11 is 1.77. The Labute approximate surface area is 160 Å². The molecule has 1 aliphatic rings. The van der Waals surface area contributed by atoms with Crippen LogP contribution in [0.2, 0.25) is 0 Å². The molecule has 1 saturated heterocycles. The Balaban J connectivity index is 1.50. The quantitative estimate of drug-likeness (QED) is 0.761. The van der Waals surface area contributed by atoms with Crippen LogP contribution in [-0.4, -0.2) is 37.0 Å². The lowest BCUT2D eigenvalue weighted by molar-refractivity contribution is -0.123. The molecule has 1 aromatic carbocycles. The number of thiophene rings is 1. The van der Waals surface area contributed by atoms with Crippen LogP contribution in [0.4, 0.5) is 0 Å². The number of hydrogen-bond donors (Lipinski definition) is 1. The lowest BCUT2D eigenvalue weighted by Gasteiger charge is -2.34. The number of carbonyl (C=O) groups is 1. The van der Waals surface area contributed by atoms with Crippen molar-refractivity contribution in [3.8, 4) is 5.75 Å². The van der Waals surface area contributed by atoms with E-state index in [1.165, 1.54) is 29.7 Å². The van der Waals surface area contributed by atoms with Crippen LogP contribution in [-0.2, 0) is 11.2 Å². The fourth-order valence-electron chi connectivity index (χ4n) is 3.35. The summed E-state index contributed by atoms with van der Waals surface area (Å²) in [6.07, 6.45) is 4.80. The van der Waals surface area contributed by atoms with E-state index >= 15 is 0 Å². The molecule has 140 valence electrons. The first-order chi connectivity index (χ1) is 12.8. The van der Waals surface area contributed by atoms with Gasteiger partial charge in [-0.2, -0.15) is 0 Å². The summed E-state index contributed by atoms with van der Waals surface area (Å²) in [7, 11) is 0. The smallest absolute Gasteiger partial charge is 0.258 e. The number of amides is 1. The van der Waals surface area contributed by atoms with Gasteiger partial charge in [0.2, 0.25) is 0 Å². The lowest BCUT2D eigenvalue weighted by Crippen LogP contribution is -2.41. The molecular weight excluding hydrogens is 344 g/mol. The molecule has 0 radical (unpaired) electrons. The van der Waals surface area contributed by atoms with Crippen molar-refractivity contribution in [2.45, 2.75) is 38.6 Å². The Kier molecular flexibility index (Phi) is 7.09. The first-order valence-corrected chi connectivity index (χ1v) is 10.4. The van der Waals surface area contributed by atoms with E-state index in [1.807, 2.05) is 24.3 Å². The average Bonchev–Trinajstić information content (AvgIpc) is 3.22. The summed E-state index contributed by atoms with van der Waals surface area (Å²) in [6.45, 7) is 5.03. The Morgan fingerprint density at radius 1 is 1.19 bits per heavy atom. The van der Waals surface area contributed by atoms with Crippen LogP contribution in [0.3, 0.4) is 0 Å². The van der Waals surface area contributed by atoms with E-state index in [9.17, 15) is 4.79 Å². The first kappa shape index (κ1) is 18.9. The van der Waals surface area contributed by atoms with Crippen molar-refractivity contribution in [2.75, 3.05) is 26.2 Å². The number of carbonyl (C=O) groups excluding carboxylic acids is 1. The summed E-state index contributed by atoms with van der Waals surface area (Å²) in [4.78, 5) is 16.1. The summed E-state index contributed by atoms with van der Waals surface area (Å²) in [5.41, 5.74) is 1.27. The highest BCUT2D eigenvalue weighted by molar-refractivity contribution is 7.10. The monoisotopic (exact) mass is 372 g/mol. The maximum atomic E-state index is 12.2. The molecule has 4 nitrogen and oxygen atoms in total. The van der Waals surface area contributed by atoms with E-state index in [0.29, 0.717) is 6.54 Å². The molecule has 1 atom stereocenters. The molecule has 5 heteroatoms. The minimum atomic E-state index is -0.0665. The SMILES string of the molecule is CCc1ccc(OCC(=O)NCC(c2cccs2)N2CCCCC2)cc1. The second kappa shape index (κ2) is 9.74. The van der Waals surface area contributed by atoms with Crippen LogP contribution in [0.15, 0.2) is 41.8 Å². The number of rotatable bonds is 8. The lowest BCUT2D eigenvalue weighted by atomic mass is 10.1. The number of nitrogens with zero attached hydrogens (tertiary/aromatic N) is 1. The predicted molar refractivity (Wildman–Crippen MR) is 107 cm³/mol. The molecule has 0 spiro atoms. The van der Waals surface area contributed by atoms with Gasteiger partial charge in [-0.1, -0.05) is 31.5 Å². The van der Waals surface area contributed by atoms with Gasteiger partial charge in [-0.05, 0) is 61.5 Å². The minimum Gasteiger partial charge on any atom is -0.484 e. The number of ether oxygens (including phenoxy) is 1. The van der Waals surface area contributed by atoms with Crippen LogP contribution in [0.5, 0.6) is 5.75 Å². The molecule has 26 heavy (non-hydrogen) atoms. The van der Waals surface area contributed by atoms with Crippen molar-refractivity contribution in [1.29, 1.82) is 0 Å². The number of aryl methyl sites for hydroxylation is 1. The summed E-state index contributed by atoms with van der Waals surface area (Å²) < 4.78 is 5.61. The van der Waals surface area contributed by atoms with Crippen molar-refractivity contribution in [2.24, 2.45) is 0 Å². The normalized spacial score (nSPS) is 16.2. The first-order valence-electron chi connectivity index (χ1n) is 9.52. The van der Waals surface area contributed by atoms with Crippen molar-refractivity contribution >= 4 is 17.2 Å². The molecule has 1 aliphatic heterocycles. The zero-order valence-electron chi connectivity index (χ0n) is 15.4. The van der Waals surface area contributed by atoms with E-state index in [-0.39, 0.29) is 18.6 Å². The highest BCUT2D eigenvalue weighted by atomic mass is 32.1. The standard InChI is InChI=1S/C21H28N2O2S/c1-2-17-8-10-18(11-9-17)25-16-21(24)22-15-19(20-7-6-14-26-20)23-12-4-3-5-13-23/h6-11,14,19H,2-5,12-13,15-16H2,1H3,(H,22,24). The van der Waals surface area contributed by atoms with E-state index in [2.05, 4.69) is 34.7 Å². The van der Waals surface area contributed by atoms with Gasteiger partial charge in [-0.3, -0.25) is 9.69 Å². The molecule has 1 unspecified atom stereocenters. The summed E-state index contributed by atoms with van der Waals surface area (Å²) in [5, 5.41) is 5.17. The Morgan fingerprint density at radius 2 is 1.96 bits per heavy atom. The van der Waals surface area contributed by atoms with Gasteiger partial charge in [0.15, 0.2) is 6.61 Å². The van der Waals surface area contributed by atoms with Crippen molar-refractivity contribution in [3.05, 3.63) is 52.2 Å². The molecule has 1 aromatic heterocycles. The van der Waals surface area contributed by atoms with Crippen LogP contribution >= 0.6 is 11.3 Å². The van der Waals surface area contributed by atoms with Gasteiger partial charge < -0.3 is 10.1 Å². The number of likely N-dealkylation sites (tertiary alicyclic amines) is 1. The molecule has 0 aliphatic carbocycles. The van der Waals surface area contributed by atoms with Gasteiger partial charge >= 0.3 is 0 Å². The third kappa shape index (κ3) is 5.32. The zero-order chi connectivity index (χ0) is 18.2. The fraction of sp³-hybridized carbons (Fsp3) is 0.476. The summed E-state index contributed by atoms with van der Waals surface area (Å²) in [5.74, 6) is 0.673. The van der Waals surface area contributed by atoms with E-state index in [4.69, 9.17) is 4.74 Å². The molecule has 2 heterocycles. The Bertz CT molecular complexity index is 664. The largest absolute Gasteiger partial charge is 0.484 e. The topological polar surface area (TPSA) is 41.6 Å². The van der Waals surface area contributed by atoms with Crippen molar-refractivity contribution < 1.29 is 9.53 Å². The van der Waals surface area contributed by atoms with Gasteiger partial charge in [0.25, 0.3) is 5.91 Å². The van der Waals surface area contributed by atoms with Crippen LogP contribution < -0.4 is 10.1 Å². The highest BCUT2D eigenvalue weighted by Gasteiger charge is 2.23. The van der Waals surface area contributed by atoms with Crippen molar-refractivity contribution in [3.63, 3.8) is 0 Å². The maximum Gasteiger partial charge on any atom is 0.258 e. The van der Waals surface area contributed by atoms with Crippen molar-refractivity contribution in [1.82, 2.24) is 10.2 Å². The molecule has 3 rings (SSSR count). The van der Waals surface area contributed by atoms with E-state index in [0.717, 1.165) is 25.3 Å². The van der Waals surface area contributed by atoms with E-state index in [1.54, 1.807) is 11.3 Å². The molecule has 2 aromatic rings. The minimum absolute atomic E-state index is 0.0582. The van der Waals surface area contributed by atoms with Crippen LogP contribution in [0, 0.1) is 0 Å². The average molecular weight is 373 g/mol. The Morgan fingerprint density at radius 3 is 2.62 bits per heavy atom. The maximum absolute atomic E-state index is 12.2. The number of piperidine rings is 1. The Hall–Kier alpha value is -1.85. The van der Waals surface area contributed by atoms with Crippen LogP contribution in [0.1, 0.15) is 42.7 Å². The van der Waals surface area contributed by atoms with Gasteiger partial charge in [0, 0.05) is 11.4 Å². The third-order valence-corrected chi connectivity index (χ3v) is 5.87. The molecular formula is C21H28N2O2S. The fourth-order valence-corrected chi connectivity index (χ4v) is 4.21. The number of hydrogen-bond acceptors (Lipinski definition) is 4. The molecule has 1 fully saturated rings. The molecule has 0 bridgehead atoms. The number of benzene rings is 1. The zero-order valence-corrected chi connectivity index (χ0v) is 16.3. The summed E-state index contributed by atoms with van der Waals surface area (Å²) in [6, 6.07) is 12.4. The molecule has 0 saturated carbocycles. The van der Waals surface area contributed by atoms with Gasteiger partial charge in [0.1, 0.15) is 5.75 Å².